The molecule has 0 bridgehead atoms. The van der Waals surface area contributed by atoms with Crippen molar-refractivity contribution in [2.24, 2.45) is 0 Å². The zero-order valence-electron chi connectivity index (χ0n) is 16.3. The first-order valence-corrected chi connectivity index (χ1v) is 10.3. The predicted octanol–water partition coefficient (Wildman–Crippen LogP) is 3.39. The summed E-state index contributed by atoms with van der Waals surface area (Å²) in [5, 5.41) is 17.1. The fraction of sp³-hybridized carbons (Fsp3) is 0.300. The van der Waals surface area contributed by atoms with E-state index in [-0.39, 0.29) is 17.8 Å². The van der Waals surface area contributed by atoms with Gasteiger partial charge in [0.2, 0.25) is 0 Å². The van der Waals surface area contributed by atoms with Gasteiger partial charge in [0.05, 0.1) is 29.7 Å². The van der Waals surface area contributed by atoms with Crippen molar-refractivity contribution in [3.63, 3.8) is 0 Å². The molecule has 0 spiro atoms. The Hall–Kier alpha value is -3.24. The molecule has 0 radical (unpaired) electrons. The average molecular weight is 428 g/mol. The second kappa shape index (κ2) is 8.64. The van der Waals surface area contributed by atoms with Gasteiger partial charge in [-0.05, 0) is 31.2 Å². The van der Waals surface area contributed by atoms with Crippen LogP contribution in [0.5, 0.6) is 0 Å². The molecule has 4 rings (SSSR count). The molecule has 10 heteroatoms. The Labute approximate surface area is 176 Å². The van der Waals surface area contributed by atoms with E-state index in [4.69, 9.17) is 9.15 Å². The zero-order valence-corrected chi connectivity index (χ0v) is 17.1. The average Bonchev–Trinajstić information content (AvgIpc) is 3.41. The van der Waals surface area contributed by atoms with Gasteiger partial charge in [0, 0.05) is 30.1 Å². The highest BCUT2D eigenvalue weighted by molar-refractivity contribution is 7.09. The maximum absolute atomic E-state index is 12.5. The number of amides is 1. The first kappa shape index (κ1) is 20.0. The second-order valence-electron chi connectivity index (χ2n) is 6.76. The van der Waals surface area contributed by atoms with Crippen molar-refractivity contribution in [1.29, 1.82) is 0 Å². The van der Waals surface area contributed by atoms with Crippen molar-refractivity contribution in [2.45, 2.75) is 13.5 Å². The number of aryl methyl sites for hydroxylation is 1. The number of nitrogens with one attached hydrogen (secondary N) is 1. The number of nitro groups is 1. The number of carbonyl (C=O) groups excluding carboxylic acids is 1. The third kappa shape index (κ3) is 4.34. The number of hydrogen-bond acceptors (Lipinski definition) is 8. The minimum Gasteiger partial charge on any atom is -0.458 e. The number of benzene rings is 1. The lowest BCUT2D eigenvalue weighted by Crippen LogP contribution is -2.36. The number of aromatic nitrogens is 1. The van der Waals surface area contributed by atoms with Gasteiger partial charge < -0.3 is 19.4 Å². The van der Waals surface area contributed by atoms with E-state index in [0.717, 1.165) is 10.7 Å². The van der Waals surface area contributed by atoms with Gasteiger partial charge >= 0.3 is 0 Å². The molecule has 0 aliphatic carbocycles. The van der Waals surface area contributed by atoms with Crippen LogP contribution in [0.4, 0.5) is 11.4 Å². The highest BCUT2D eigenvalue weighted by Crippen LogP contribution is 2.30. The quantitative estimate of drug-likeness (QED) is 0.473. The van der Waals surface area contributed by atoms with E-state index in [1.165, 1.54) is 17.4 Å². The minimum absolute atomic E-state index is 0.0938. The predicted molar refractivity (Wildman–Crippen MR) is 112 cm³/mol. The summed E-state index contributed by atoms with van der Waals surface area (Å²) in [6, 6.07) is 8.10. The van der Waals surface area contributed by atoms with Crippen molar-refractivity contribution < 1.29 is 18.9 Å². The monoisotopic (exact) mass is 428 g/mol. The molecule has 0 saturated carbocycles. The molecule has 1 aliphatic heterocycles. The molecule has 2 aromatic heterocycles. The summed E-state index contributed by atoms with van der Waals surface area (Å²) in [5.74, 6) is 0.798. The van der Waals surface area contributed by atoms with E-state index in [1.54, 1.807) is 24.3 Å². The lowest BCUT2D eigenvalue weighted by atomic mass is 10.1. The van der Waals surface area contributed by atoms with Crippen molar-refractivity contribution in [3.05, 3.63) is 62.2 Å². The largest absolute Gasteiger partial charge is 0.458 e. The molecule has 3 aromatic rings. The van der Waals surface area contributed by atoms with Crippen molar-refractivity contribution >= 4 is 28.6 Å². The van der Waals surface area contributed by atoms with Crippen LogP contribution < -0.4 is 10.2 Å². The molecule has 1 N–H and O–H groups in total. The standard InChI is InChI=1S/C20H20N4O5S/c1-13-22-16(12-30-13)19-5-3-15(29-19)11-21-20(25)14-2-4-17(18(10-14)24(26)27)23-6-8-28-9-7-23/h2-5,10,12H,6-9,11H2,1H3,(H,21,25). The molecule has 1 saturated heterocycles. The molecular formula is C20H20N4O5S. The van der Waals surface area contributed by atoms with Crippen LogP contribution in [-0.4, -0.2) is 42.1 Å². The van der Waals surface area contributed by atoms with Crippen LogP contribution in [0, 0.1) is 17.0 Å². The smallest absolute Gasteiger partial charge is 0.293 e. The number of ether oxygens (including phenoxy) is 1. The van der Waals surface area contributed by atoms with Crippen molar-refractivity contribution in [2.75, 3.05) is 31.2 Å². The SMILES string of the molecule is Cc1nc(-c2ccc(CNC(=O)c3ccc(N4CCOCC4)c([N+](=O)[O-])c3)o2)cs1. The molecule has 3 heterocycles. The van der Waals surface area contributed by atoms with Crippen LogP contribution >= 0.6 is 11.3 Å². The van der Waals surface area contributed by atoms with Crippen LogP contribution in [-0.2, 0) is 11.3 Å². The molecule has 9 nitrogen and oxygen atoms in total. The zero-order chi connectivity index (χ0) is 21.1. The van der Waals surface area contributed by atoms with Gasteiger partial charge in [-0.3, -0.25) is 14.9 Å². The van der Waals surface area contributed by atoms with Crippen LogP contribution in [0.2, 0.25) is 0 Å². The number of hydrogen-bond donors (Lipinski definition) is 1. The Kier molecular flexibility index (Phi) is 5.77. The Bertz CT molecular complexity index is 1070. The van der Waals surface area contributed by atoms with Crippen LogP contribution in [0.15, 0.2) is 40.1 Å². The van der Waals surface area contributed by atoms with Gasteiger partial charge in [0.1, 0.15) is 17.1 Å². The highest BCUT2D eigenvalue weighted by atomic mass is 32.1. The summed E-state index contributed by atoms with van der Waals surface area (Å²) in [5.41, 5.74) is 1.38. The topological polar surface area (TPSA) is 111 Å². The summed E-state index contributed by atoms with van der Waals surface area (Å²) in [4.78, 5) is 29.9. The normalized spacial score (nSPS) is 14.0. The molecular weight excluding hydrogens is 408 g/mol. The number of furan rings is 1. The Morgan fingerprint density at radius 1 is 1.30 bits per heavy atom. The molecule has 0 atom stereocenters. The van der Waals surface area contributed by atoms with E-state index >= 15 is 0 Å². The minimum atomic E-state index is -0.462. The lowest BCUT2D eigenvalue weighted by molar-refractivity contribution is -0.384. The number of nitrogens with zero attached hydrogens (tertiary/aromatic N) is 3. The van der Waals surface area contributed by atoms with Gasteiger partial charge in [0.25, 0.3) is 11.6 Å². The van der Waals surface area contributed by atoms with Crippen LogP contribution in [0.1, 0.15) is 21.1 Å². The molecule has 1 aromatic carbocycles. The van der Waals surface area contributed by atoms with E-state index in [9.17, 15) is 14.9 Å². The fourth-order valence-electron chi connectivity index (χ4n) is 3.24. The molecule has 1 aliphatic rings. The number of carbonyl (C=O) groups is 1. The third-order valence-corrected chi connectivity index (χ3v) is 5.52. The van der Waals surface area contributed by atoms with Crippen molar-refractivity contribution in [1.82, 2.24) is 10.3 Å². The first-order valence-electron chi connectivity index (χ1n) is 9.42. The Balaban J connectivity index is 1.45. The van der Waals surface area contributed by atoms with Gasteiger partial charge in [-0.25, -0.2) is 4.98 Å². The summed E-state index contributed by atoms with van der Waals surface area (Å²) >= 11 is 1.53. The maximum Gasteiger partial charge on any atom is 0.293 e. The molecule has 1 fully saturated rings. The van der Waals surface area contributed by atoms with Gasteiger partial charge in [0.15, 0.2) is 5.76 Å². The number of morpholine rings is 1. The summed E-state index contributed by atoms with van der Waals surface area (Å²) in [6.07, 6.45) is 0. The second-order valence-corrected chi connectivity index (χ2v) is 7.82. The first-order chi connectivity index (χ1) is 14.5. The van der Waals surface area contributed by atoms with Crippen LogP contribution in [0.3, 0.4) is 0 Å². The number of anilines is 1. The highest BCUT2D eigenvalue weighted by Gasteiger charge is 2.23. The lowest BCUT2D eigenvalue weighted by Gasteiger charge is -2.28. The van der Waals surface area contributed by atoms with E-state index in [2.05, 4.69) is 10.3 Å². The summed E-state index contributed by atoms with van der Waals surface area (Å²) in [7, 11) is 0. The van der Waals surface area contributed by atoms with Crippen molar-refractivity contribution in [3.8, 4) is 11.5 Å². The van der Waals surface area contributed by atoms with E-state index in [1.807, 2.05) is 17.2 Å². The third-order valence-electron chi connectivity index (χ3n) is 4.74. The summed E-state index contributed by atoms with van der Waals surface area (Å²) in [6.45, 7) is 4.27. The Morgan fingerprint density at radius 3 is 2.80 bits per heavy atom. The number of thiazole rings is 1. The molecule has 30 heavy (non-hydrogen) atoms. The van der Waals surface area contributed by atoms with Crippen LogP contribution in [0.25, 0.3) is 11.5 Å². The maximum atomic E-state index is 12.5. The number of nitro benzene ring substituents is 1. The molecule has 1 amide bonds. The molecule has 0 unspecified atom stereocenters. The van der Waals surface area contributed by atoms with Gasteiger partial charge in [-0.15, -0.1) is 11.3 Å². The molecule has 156 valence electrons. The van der Waals surface area contributed by atoms with Gasteiger partial charge in [-0.2, -0.15) is 0 Å². The summed E-state index contributed by atoms with van der Waals surface area (Å²) < 4.78 is 11.0. The fourth-order valence-corrected chi connectivity index (χ4v) is 3.84. The number of rotatable bonds is 6. The van der Waals surface area contributed by atoms with Gasteiger partial charge in [-0.1, -0.05) is 0 Å². The van der Waals surface area contributed by atoms with E-state index < -0.39 is 10.8 Å². The van der Waals surface area contributed by atoms with E-state index in [0.29, 0.717) is 43.5 Å². The Morgan fingerprint density at radius 2 is 2.10 bits per heavy atom.